The quantitative estimate of drug-likeness (QED) is 0.675. The Balaban J connectivity index is 3.37. The number of nitrogens with zero attached hydrogens (tertiary/aromatic N) is 1. The molecule has 1 rings (SSSR count). The molecule has 2 atom stereocenters. The first-order valence-electron chi connectivity index (χ1n) is 6.44. The van der Waals surface area contributed by atoms with Gasteiger partial charge in [0.15, 0.2) is 20.4 Å². The van der Waals surface area contributed by atoms with E-state index in [1.165, 1.54) is 0 Å². The number of carboxylic acid groups (broad SMARTS) is 1. The zero-order valence-electron chi connectivity index (χ0n) is 12.3. The Morgan fingerprint density at radius 2 is 2.09 bits per heavy atom. The standard InChI is InChI=1S/C13H17FINO5S/c1-4-8(6-13(2,12(18)19)22(3,20)21)16-7-9(14)10(15)5-11(16)17/h5,7-8H,4,6H2,1-3H3,(H,18,19)/t8?,13-/m1/s1. The molecule has 0 aromatic carbocycles. The monoisotopic (exact) mass is 445 g/mol. The molecule has 22 heavy (non-hydrogen) atoms. The Morgan fingerprint density at radius 3 is 2.50 bits per heavy atom. The minimum atomic E-state index is -3.92. The molecule has 6 nitrogen and oxygen atoms in total. The minimum Gasteiger partial charge on any atom is -0.480 e. The smallest absolute Gasteiger partial charge is 0.324 e. The van der Waals surface area contributed by atoms with E-state index in [4.69, 9.17) is 0 Å². The van der Waals surface area contributed by atoms with Crippen LogP contribution >= 0.6 is 22.6 Å². The largest absolute Gasteiger partial charge is 0.480 e. The highest BCUT2D eigenvalue weighted by Gasteiger charge is 2.45. The van der Waals surface area contributed by atoms with Crippen molar-refractivity contribution < 1.29 is 22.7 Å². The van der Waals surface area contributed by atoms with E-state index in [0.717, 1.165) is 30.0 Å². The number of aliphatic carboxylic acids is 1. The number of hydrogen-bond acceptors (Lipinski definition) is 4. The summed E-state index contributed by atoms with van der Waals surface area (Å²) >= 11 is 1.68. The van der Waals surface area contributed by atoms with Crippen LogP contribution in [0.25, 0.3) is 0 Å². The molecule has 0 aliphatic rings. The van der Waals surface area contributed by atoms with Gasteiger partial charge in [-0.15, -0.1) is 0 Å². The molecule has 1 heterocycles. The molecular formula is C13H17FINO5S. The van der Waals surface area contributed by atoms with Crippen LogP contribution in [-0.2, 0) is 14.6 Å². The van der Waals surface area contributed by atoms with Gasteiger partial charge in [0.1, 0.15) is 0 Å². The minimum absolute atomic E-state index is 0.151. The lowest BCUT2D eigenvalue weighted by atomic mass is 9.98. The number of halogens is 2. The summed E-state index contributed by atoms with van der Waals surface area (Å²) in [5, 5.41) is 9.29. The van der Waals surface area contributed by atoms with Crippen molar-refractivity contribution >= 4 is 38.4 Å². The third kappa shape index (κ3) is 3.67. The van der Waals surface area contributed by atoms with Crippen molar-refractivity contribution in [2.24, 2.45) is 0 Å². The van der Waals surface area contributed by atoms with Gasteiger partial charge in [0.05, 0.1) is 3.57 Å². The van der Waals surface area contributed by atoms with Crippen LogP contribution in [0.4, 0.5) is 4.39 Å². The van der Waals surface area contributed by atoms with E-state index in [-0.39, 0.29) is 9.99 Å². The van der Waals surface area contributed by atoms with Gasteiger partial charge in [0, 0.05) is 24.6 Å². The Hall–Kier alpha value is -0.970. The molecular weight excluding hydrogens is 428 g/mol. The van der Waals surface area contributed by atoms with Crippen LogP contribution in [0.5, 0.6) is 0 Å². The average Bonchev–Trinajstić information content (AvgIpc) is 2.38. The van der Waals surface area contributed by atoms with Crippen molar-refractivity contribution in [2.75, 3.05) is 6.26 Å². The van der Waals surface area contributed by atoms with Crippen molar-refractivity contribution in [3.8, 4) is 0 Å². The molecule has 9 heteroatoms. The lowest BCUT2D eigenvalue weighted by molar-refractivity contribution is -0.140. The number of sulfone groups is 1. The molecule has 0 fully saturated rings. The molecule has 1 aromatic rings. The number of aromatic nitrogens is 1. The van der Waals surface area contributed by atoms with Crippen LogP contribution < -0.4 is 5.56 Å². The van der Waals surface area contributed by atoms with Crippen molar-refractivity contribution in [1.29, 1.82) is 0 Å². The van der Waals surface area contributed by atoms with E-state index < -0.39 is 38.0 Å². The van der Waals surface area contributed by atoms with Gasteiger partial charge in [-0.05, 0) is 42.4 Å². The lowest BCUT2D eigenvalue weighted by Gasteiger charge is -2.28. The summed E-state index contributed by atoms with van der Waals surface area (Å²) < 4.78 is 36.5. The molecule has 0 radical (unpaired) electrons. The molecule has 0 saturated carbocycles. The Morgan fingerprint density at radius 1 is 1.55 bits per heavy atom. The van der Waals surface area contributed by atoms with E-state index in [0.29, 0.717) is 6.42 Å². The van der Waals surface area contributed by atoms with Crippen molar-refractivity contribution in [2.45, 2.75) is 37.5 Å². The highest BCUT2D eigenvalue weighted by atomic mass is 127. The number of carboxylic acids is 1. The number of rotatable bonds is 6. The van der Waals surface area contributed by atoms with Crippen LogP contribution in [0.3, 0.4) is 0 Å². The van der Waals surface area contributed by atoms with Crippen LogP contribution in [0.15, 0.2) is 17.1 Å². The molecule has 0 aliphatic carbocycles. The van der Waals surface area contributed by atoms with Crippen molar-refractivity contribution in [3.63, 3.8) is 0 Å². The van der Waals surface area contributed by atoms with E-state index in [1.807, 2.05) is 0 Å². The first-order valence-corrected chi connectivity index (χ1v) is 9.41. The molecule has 0 saturated heterocycles. The molecule has 1 aromatic heterocycles. The molecule has 0 bridgehead atoms. The Labute approximate surface area is 141 Å². The summed E-state index contributed by atoms with van der Waals surface area (Å²) in [5.74, 6) is -2.11. The third-order valence-corrected chi connectivity index (χ3v) is 6.55. The van der Waals surface area contributed by atoms with Gasteiger partial charge < -0.3 is 9.67 Å². The van der Waals surface area contributed by atoms with Crippen molar-refractivity contribution in [3.05, 3.63) is 32.0 Å². The highest BCUT2D eigenvalue weighted by Crippen LogP contribution is 2.30. The Kier molecular flexibility index (Phi) is 5.77. The zero-order chi connectivity index (χ0) is 17.3. The maximum absolute atomic E-state index is 13.7. The second kappa shape index (κ2) is 6.65. The van der Waals surface area contributed by atoms with E-state index in [2.05, 4.69) is 0 Å². The van der Waals surface area contributed by atoms with Gasteiger partial charge in [0.25, 0.3) is 5.56 Å². The van der Waals surface area contributed by atoms with Crippen LogP contribution in [-0.4, -0.2) is 35.1 Å². The molecule has 1 unspecified atom stereocenters. The highest BCUT2D eigenvalue weighted by molar-refractivity contribution is 14.1. The van der Waals surface area contributed by atoms with Crippen molar-refractivity contribution in [1.82, 2.24) is 4.57 Å². The lowest BCUT2D eigenvalue weighted by Crippen LogP contribution is -2.45. The number of pyridine rings is 1. The fraction of sp³-hybridized carbons (Fsp3) is 0.538. The number of hydrogen-bond donors (Lipinski definition) is 1. The first-order chi connectivity index (χ1) is 9.94. The summed E-state index contributed by atoms with van der Waals surface area (Å²) in [6.07, 6.45) is 1.80. The van der Waals surface area contributed by atoms with Gasteiger partial charge in [-0.25, -0.2) is 12.8 Å². The van der Waals surface area contributed by atoms with Gasteiger partial charge in [-0.1, -0.05) is 6.92 Å². The van der Waals surface area contributed by atoms with E-state index >= 15 is 0 Å². The fourth-order valence-corrected chi connectivity index (χ4v) is 3.29. The van der Waals surface area contributed by atoms with Crippen LogP contribution in [0, 0.1) is 9.39 Å². The maximum atomic E-state index is 13.7. The predicted octanol–water partition coefficient (Wildman–Crippen LogP) is 1.82. The molecule has 1 N–H and O–H groups in total. The normalized spacial score (nSPS) is 16.0. The fourth-order valence-electron chi connectivity index (χ4n) is 2.07. The average molecular weight is 445 g/mol. The molecule has 0 spiro atoms. The van der Waals surface area contributed by atoms with Crippen LogP contribution in [0.2, 0.25) is 0 Å². The van der Waals surface area contributed by atoms with E-state index in [9.17, 15) is 27.5 Å². The summed E-state index contributed by atoms with van der Waals surface area (Å²) in [6, 6.07) is 0.353. The van der Waals surface area contributed by atoms with E-state index in [1.54, 1.807) is 29.5 Å². The third-order valence-electron chi connectivity index (χ3n) is 3.75. The molecule has 0 aliphatic heterocycles. The van der Waals surface area contributed by atoms with Gasteiger partial charge in [0.2, 0.25) is 0 Å². The van der Waals surface area contributed by atoms with Gasteiger partial charge in [-0.3, -0.25) is 9.59 Å². The molecule has 0 amide bonds. The second-order valence-corrected chi connectivity index (χ2v) is 8.90. The second-order valence-electron chi connectivity index (χ2n) is 5.29. The predicted molar refractivity (Wildman–Crippen MR) is 88.2 cm³/mol. The first kappa shape index (κ1) is 19.1. The summed E-state index contributed by atoms with van der Waals surface area (Å²) in [6.45, 7) is 2.78. The topological polar surface area (TPSA) is 93.4 Å². The van der Waals surface area contributed by atoms with Gasteiger partial charge >= 0.3 is 5.97 Å². The van der Waals surface area contributed by atoms with Gasteiger partial charge in [-0.2, -0.15) is 0 Å². The SMILES string of the molecule is CCC(C[C@](C)(C(=O)O)S(C)(=O)=O)n1cc(F)c(I)cc1=O. The van der Waals surface area contributed by atoms with Crippen LogP contribution in [0.1, 0.15) is 32.7 Å². The number of carbonyl (C=O) groups is 1. The summed E-state index contributed by atoms with van der Waals surface area (Å²) in [5.41, 5.74) is -0.501. The molecule has 124 valence electrons. The summed E-state index contributed by atoms with van der Waals surface area (Å²) in [4.78, 5) is 23.4. The zero-order valence-corrected chi connectivity index (χ0v) is 15.3. The summed E-state index contributed by atoms with van der Waals surface area (Å²) in [7, 11) is -3.92. The Bertz CT molecular complexity index is 745. The maximum Gasteiger partial charge on any atom is 0.324 e.